The van der Waals surface area contributed by atoms with E-state index < -0.39 is 0 Å². The maximum Gasteiger partial charge on any atom is 0.222 e. The third-order valence-electron chi connectivity index (χ3n) is 4.42. The van der Waals surface area contributed by atoms with Gasteiger partial charge in [0.1, 0.15) is 17.7 Å². The van der Waals surface area contributed by atoms with E-state index >= 15 is 0 Å². The third-order valence-corrected chi connectivity index (χ3v) is 4.42. The first-order valence-electron chi connectivity index (χ1n) is 7.79. The lowest BCUT2D eigenvalue weighted by molar-refractivity contribution is -0.137. The molecule has 8 nitrogen and oxygen atoms in total. The summed E-state index contributed by atoms with van der Waals surface area (Å²) in [7, 11) is 3.77. The van der Waals surface area contributed by atoms with Gasteiger partial charge in [-0.25, -0.2) is 15.0 Å². The van der Waals surface area contributed by atoms with Crippen LogP contribution >= 0.6 is 0 Å². The van der Waals surface area contributed by atoms with Gasteiger partial charge in [-0.1, -0.05) is 0 Å². The number of hydrogen-bond donors (Lipinski definition) is 1. The van der Waals surface area contributed by atoms with E-state index in [1.807, 2.05) is 30.9 Å². The summed E-state index contributed by atoms with van der Waals surface area (Å²) in [5.74, 6) is 1.85. The Bertz CT molecular complexity index is 761. The second kappa shape index (κ2) is 6.66. The Labute approximate surface area is 140 Å². The highest BCUT2D eigenvalue weighted by atomic mass is 16.2. The van der Waals surface area contributed by atoms with Crippen LogP contribution in [-0.2, 0) is 11.8 Å². The molecule has 3 heterocycles. The number of hydrogen-bond acceptors (Lipinski definition) is 6. The summed E-state index contributed by atoms with van der Waals surface area (Å²) in [5, 5.41) is 12.0. The molecule has 0 saturated carbocycles. The van der Waals surface area contributed by atoms with Gasteiger partial charge in [0.15, 0.2) is 5.69 Å². The number of nitriles is 1. The predicted octanol–water partition coefficient (Wildman–Crippen LogP) is 1.10. The maximum atomic E-state index is 12.1. The lowest BCUT2D eigenvalue weighted by Crippen LogP contribution is -2.43. The van der Waals surface area contributed by atoms with E-state index in [-0.39, 0.29) is 23.6 Å². The molecule has 0 radical (unpaired) electrons. The van der Waals surface area contributed by atoms with Gasteiger partial charge in [-0.15, -0.1) is 0 Å². The average molecular weight is 325 g/mol. The molecule has 1 N–H and O–H groups in total. The first-order valence-corrected chi connectivity index (χ1v) is 7.79. The van der Waals surface area contributed by atoms with Crippen molar-refractivity contribution in [2.45, 2.75) is 18.9 Å². The van der Waals surface area contributed by atoms with Gasteiger partial charge < -0.3 is 14.8 Å². The molecule has 0 unspecified atom stereocenters. The van der Waals surface area contributed by atoms with Crippen molar-refractivity contribution in [3.05, 3.63) is 36.3 Å². The molecule has 8 heteroatoms. The fraction of sp³-hybridized carbons (Fsp3) is 0.438. The fourth-order valence-electron chi connectivity index (χ4n) is 3.09. The van der Waals surface area contributed by atoms with Crippen molar-refractivity contribution in [2.24, 2.45) is 13.0 Å². The SMILES string of the molecule is CN1C(=O)CC[C@H](CNc2cnc(C#N)cn2)[C@H]1c1nccn1C. The second-order valence-corrected chi connectivity index (χ2v) is 5.92. The van der Waals surface area contributed by atoms with E-state index in [1.54, 1.807) is 17.3 Å². The first-order chi connectivity index (χ1) is 11.6. The van der Waals surface area contributed by atoms with Crippen LogP contribution in [0.2, 0.25) is 0 Å². The molecule has 1 amide bonds. The van der Waals surface area contributed by atoms with Crippen LogP contribution < -0.4 is 5.32 Å². The molecule has 24 heavy (non-hydrogen) atoms. The second-order valence-electron chi connectivity index (χ2n) is 5.92. The monoisotopic (exact) mass is 325 g/mol. The topological polar surface area (TPSA) is 99.7 Å². The zero-order valence-electron chi connectivity index (χ0n) is 13.7. The summed E-state index contributed by atoms with van der Waals surface area (Å²) >= 11 is 0. The number of carbonyl (C=O) groups is 1. The molecule has 0 aliphatic carbocycles. The van der Waals surface area contributed by atoms with Crippen molar-refractivity contribution in [1.82, 2.24) is 24.4 Å². The number of piperidine rings is 1. The molecule has 2 atom stereocenters. The molecular weight excluding hydrogens is 306 g/mol. The molecule has 0 aromatic carbocycles. The molecule has 0 bridgehead atoms. The van der Waals surface area contributed by atoms with Crippen molar-refractivity contribution in [3.8, 4) is 6.07 Å². The number of nitrogens with zero attached hydrogens (tertiary/aromatic N) is 6. The van der Waals surface area contributed by atoms with E-state index in [2.05, 4.69) is 20.3 Å². The van der Waals surface area contributed by atoms with Crippen molar-refractivity contribution >= 4 is 11.7 Å². The number of imidazole rings is 1. The van der Waals surface area contributed by atoms with Crippen molar-refractivity contribution in [3.63, 3.8) is 0 Å². The minimum Gasteiger partial charge on any atom is -0.368 e. The summed E-state index contributed by atoms with van der Waals surface area (Å²) in [4.78, 5) is 26.5. The number of carbonyl (C=O) groups excluding carboxylic acids is 1. The highest BCUT2D eigenvalue weighted by molar-refractivity contribution is 5.77. The molecule has 0 spiro atoms. The number of nitrogens with one attached hydrogen (secondary N) is 1. The molecule has 124 valence electrons. The zero-order valence-corrected chi connectivity index (χ0v) is 13.7. The van der Waals surface area contributed by atoms with E-state index in [1.165, 1.54) is 6.20 Å². The number of rotatable bonds is 4. The van der Waals surface area contributed by atoms with E-state index in [9.17, 15) is 4.79 Å². The number of anilines is 1. The Kier molecular flexibility index (Phi) is 4.42. The summed E-state index contributed by atoms with van der Waals surface area (Å²) < 4.78 is 1.95. The van der Waals surface area contributed by atoms with Crippen LogP contribution in [0.25, 0.3) is 0 Å². The molecular formula is C16H19N7O. The molecule has 2 aromatic heterocycles. The smallest absolute Gasteiger partial charge is 0.222 e. The third kappa shape index (κ3) is 3.06. The molecule has 1 saturated heterocycles. The van der Waals surface area contributed by atoms with Crippen LogP contribution in [0.5, 0.6) is 0 Å². The standard InChI is InChI=1S/C16H19N7O/c1-22-6-5-18-16(22)15-11(3-4-14(24)23(15)2)8-20-13-10-19-12(7-17)9-21-13/h5-6,9-11,15H,3-4,8H2,1-2H3,(H,20,21)/t11-,15+/m1/s1. The highest BCUT2D eigenvalue weighted by Gasteiger charge is 2.36. The molecule has 3 rings (SSSR count). The van der Waals surface area contributed by atoms with Crippen molar-refractivity contribution in [2.75, 3.05) is 18.9 Å². The minimum absolute atomic E-state index is 0.0786. The van der Waals surface area contributed by atoms with Crippen molar-refractivity contribution in [1.29, 1.82) is 5.26 Å². The van der Waals surface area contributed by atoms with E-state index in [4.69, 9.17) is 5.26 Å². The normalized spacial score (nSPS) is 20.7. The predicted molar refractivity (Wildman–Crippen MR) is 86.7 cm³/mol. The molecule has 2 aromatic rings. The van der Waals surface area contributed by atoms with E-state index in [0.29, 0.717) is 18.8 Å². The van der Waals surface area contributed by atoms with Gasteiger partial charge in [0.2, 0.25) is 5.91 Å². The largest absolute Gasteiger partial charge is 0.368 e. The highest BCUT2D eigenvalue weighted by Crippen LogP contribution is 2.34. The van der Waals surface area contributed by atoms with Crippen LogP contribution in [0.15, 0.2) is 24.8 Å². The summed E-state index contributed by atoms with van der Waals surface area (Å²) in [6.45, 7) is 0.649. The Hall–Kier alpha value is -2.95. The molecule has 1 aliphatic rings. The van der Waals surface area contributed by atoms with Gasteiger partial charge in [-0.3, -0.25) is 4.79 Å². The fourth-order valence-corrected chi connectivity index (χ4v) is 3.09. The summed E-state index contributed by atoms with van der Waals surface area (Å²) in [5.41, 5.74) is 0.287. The quantitative estimate of drug-likeness (QED) is 0.903. The maximum absolute atomic E-state index is 12.1. The van der Waals surface area contributed by atoms with Crippen LogP contribution in [0.1, 0.15) is 30.4 Å². The van der Waals surface area contributed by atoms with Crippen LogP contribution in [-0.4, -0.2) is 43.9 Å². The average Bonchev–Trinajstić information content (AvgIpc) is 3.02. The molecule has 1 fully saturated rings. The van der Waals surface area contributed by atoms with Crippen LogP contribution in [0.3, 0.4) is 0 Å². The Morgan fingerprint density at radius 3 is 2.79 bits per heavy atom. The van der Waals surface area contributed by atoms with E-state index in [0.717, 1.165) is 12.2 Å². The van der Waals surface area contributed by atoms with Crippen LogP contribution in [0, 0.1) is 17.2 Å². The number of aryl methyl sites for hydroxylation is 1. The Balaban J connectivity index is 1.75. The van der Waals surface area contributed by atoms with Gasteiger partial charge in [0.25, 0.3) is 0 Å². The van der Waals surface area contributed by atoms with Crippen molar-refractivity contribution < 1.29 is 4.79 Å². The van der Waals surface area contributed by atoms with Gasteiger partial charge in [0, 0.05) is 45.4 Å². The minimum atomic E-state index is -0.0786. The Morgan fingerprint density at radius 1 is 1.33 bits per heavy atom. The van der Waals surface area contributed by atoms with Gasteiger partial charge in [0.05, 0.1) is 18.4 Å². The zero-order chi connectivity index (χ0) is 17.1. The number of likely N-dealkylation sites (tertiary alicyclic amines) is 1. The Morgan fingerprint density at radius 2 is 2.17 bits per heavy atom. The van der Waals surface area contributed by atoms with Crippen LogP contribution in [0.4, 0.5) is 5.82 Å². The van der Waals surface area contributed by atoms with Gasteiger partial charge in [-0.2, -0.15) is 5.26 Å². The lowest BCUT2D eigenvalue weighted by atomic mass is 9.88. The number of amides is 1. The summed E-state index contributed by atoms with van der Waals surface area (Å²) in [6.07, 6.45) is 7.94. The van der Waals surface area contributed by atoms with Gasteiger partial charge >= 0.3 is 0 Å². The lowest BCUT2D eigenvalue weighted by Gasteiger charge is -2.38. The van der Waals surface area contributed by atoms with Gasteiger partial charge in [-0.05, 0) is 6.42 Å². The molecule has 1 aliphatic heterocycles. The first kappa shape index (κ1) is 15.9. The number of aromatic nitrogens is 4. The summed E-state index contributed by atoms with van der Waals surface area (Å²) in [6, 6.07) is 1.87.